The molecule has 2 aromatic rings. The second-order valence-corrected chi connectivity index (χ2v) is 5.39. The minimum absolute atomic E-state index is 0.0281. The number of carbonyl (C=O) groups is 1. The molecular weight excluding hydrogens is 270 g/mol. The van der Waals surface area contributed by atoms with Crippen LogP contribution in [0, 0.1) is 5.92 Å². The molecule has 0 radical (unpaired) electrons. The van der Waals surface area contributed by atoms with Crippen LogP contribution in [0.4, 0.5) is 0 Å². The number of nitrogens with one attached hydrogen (secondary N) is 1. The molecule has 2 rings (SSSR count). The van der Waals surface area contributed by atoms with E-state index in [-0.39, 0.29) is 17.9 Å². The Balaban J connectivity index is 1.96. The number of hydrogen-bond donors (Lipinski definition) is 1. The molecule has 0 unspecified atom stereocenters. The van der Waals surface area contributed by atoms with E-state index in [2.05, 4.69) is 25.6 Å². The summed E-state index contributed by atoms with van der Waals surface area (Å²) in [5.41, 5.74) is 0. The van der Waals surface area contributed by atoms with Gasteiger partial charge in [0.2, 0.25) is 5.91 Å². The maximum Gasteiger partial charge on any atom is 0.221 e. The van der Waals surface area contributed by atoms with Gasteiger partial charge >= 0.3 is 0 Å². The Kier molecular flexibility index (Phi) is 4.66. The fourth-order valence-electron chi connectivity index (χ4n) is 2.12. The van der Waals surface area contributed by atoms with Crippen LogP contribution >= 0.6 is 0 Å². The largest absolute Gasteiger partial charge is 0.346 e. The number of amides is 1. The molecule has 1 amide bonds. The Hall–Kier alpha value is -2.25. The number of hydrogen-bond acceptors (Lipinski definition) is 5. The maximum absolute atomic E-state index is 12.1. The minimum Gasteiger partial charge on any atom is -0.346 e. The van der Waals surface area contributed by atoms with Crippen LogP contribution in [0.1, 0.15) is 38.0 Å². The molecule has 0 fully saturated rings. The Bertz CT molecular complexity index is 601. The zero-order valence-corrected chi connectivity index (χ0v) is 12.8. The molecule has 0 spiro atoms. The third kappa shape index (κ3) is 3.65. The van der Waals surface area contributed by atoms with Crippen molar-refractivity contribution in [3.05, 3.63) is 24.3 Å². The van der Waals surface area contributed by atoms with E-state index < -0.39 is 0 Å². The highest BCUT2D eigenvalue weighted by Gasteiger charge is 2.22. The number of aryl methyl sites for hydroxylation is 3. The topological polar surface area (TPSA) is 90.5 Å². The monoisotopic (exact) mass is 291 g/mol. The molecule has 0 aliphatic carbocycles. The lowest BCUT2D eigenvalue weighted by Gasteiger charge is -2.21. The molecule has 0 aromatic carbocycles. The van der Waals surface area contributed by atoms with Crippen LogP contribution in [-0.2, 0) is 25.3 Å². The van der Waals surface area contributed by atoms with Crippen molar-refractivity contribution >= 4 is 5.91 Å². The molecule has 0 bridgehead atoms. The SMILES string of the molecule is CC(C)[C@@H](NC(=O)CCc1nncn1C)c1ncnn1C. The number of aromatic nitrogens is 6. The first-order valence-electron chi connectivity index (χ1n) is 6.95. The molecule has 0 aliphatic rings. The van der Waals surface area contributed by atoms with Crippen molar-refractivity contribution in [3.8, 4) is 0 Å². The van der Waals surface area contributed by atoms with Crippen LogP contribution < -0.4 is 5.32 Å². The Labute approximate surface area is 123 Å². The van der Waals surface area contributed by atoms with Crippen LogP contribution in [-0.4, -0.2) is 35.4 Å². The average Bonchev–Trinajstić information content (AvgIpc) is 3.02. The van der Waals surface area contributed by atoms with Gasteiger partial charge < -0.3 is 9.88 Å². The first-order chi connectivity index (χ1) is 9.99. The summed E-state index contributed by atoms with van der Waals surface area (Å²) in [6.45, 7) is 4.09. The van der Waals surface area contributed by atoms with E-state index >= 15 is 0 Å². The molecule has 8 nitrogen and oxygen atoms in total. The number of rotatable bonds is 6. The van der Waals surface area contributed by atoms with Crippen molar-refractivity contribution in [1.29, 1.82) is 0 Å². The van der Waals surface area contributed by atoms with Gasteiger partial charge in [0.15, 0.2) is 0 Å². The summed E-state index contributed by atoms with van der Waals surface area (Å²) in [7, 11) is 3.69. The van der Waals surface area contributed by atoms with E-state index in [9.17, 15) is 4.79 Å². The van der Waals surface area contributed by atoms with Gasteiger partial charge in [0, 0.05) is 26.9 Å². The molecule has 8 heteroatoms. The van der Waals surface area contributed by atoms with Gasteiger partial charge in [-0.2, -0.15) is 5.10 Å². The van der Waals surface area contributed by atoms with Crippen LogP contribution in [0.3, 0.4) is 0 Å². The minimum atomic E-state index is -0.149. The van der Waals surface area contributed by atoms with Crippen molar-refractivity contribution in [3.63, 3.8) is 0 Å². The summed E-state index contributed by atoms with van der Waals surface area (Å²) >= 11 is 0. The highest BCUT2D eigenvalue weighted by atomic mass is 16.1. The quantitative estimate of drug-likeness (QED) is 0.831. The van der Waals surface area contributed by atoms with E-state index in [4.69, 9.17) is 0 Å². The zero-order chi connectivity index (χ0) is 15.4. The summed E-state index contributed by atoms with van der Waals surface area (Å²) in [6, 6.07) is -0.149. The molecule has 2 heterocycles. The van der Waals surface area contributed by atoms with Crippen molar-refractivity contribution < 1.29 is 4.79 Å². The van der Waals surface area contributed by atoms with Crippen LogP contribution in [0.2, 0.25) is 0 Å². The summed E-state index contributed by atoms with van der Waals surface area (Å²) in [5, 5.41) is 14.9. The van der Waals surface area contributed by atoms with Gasteiger partial charge in [-0.1, -0.05) is 13.8 Å². The lowest BCUT2D eigenvalue weighted by Crippen LogP contribution is -2.33. The summed E-state index contributed by atoms with van der Waals surface area (Å²) in [6.07, 6.45) is 4.06. The molecule has 21 heavy (non-hydrogen) atoms. The van der Waals surface area contributed by atoms with Gasteiger partial charge in [-0.15, -0.1) is 10.2 Å². The van der Waals surface area contributed by atoms with Gasteiger partial charge in [-0.05, 0) is 5.92 Å². The highest BCUT2D eigenvalue weighted by Crippen LogP contribution is 2.19. The number of nitrogens with zero attached hydrogens (tertiary/aromatic N) is 6. The third-order valence-corrected chi connectivity index (χ3v) is 3.39. The fraction of sp³-hybridized carbons (Fsp3) is 0.615. The normalized spacial score (nSPS) is 12.6. The molecule has 114 valence electrons. The van der Waals surface area contributed by atoms with Crippen LogP contribution in [0.25, 0.3) is 0 Å². The van der Waals surface area contributed by atoms with E-state index in [0.717, 1.165) is 11.6 Å². The first kappa shape index (κ1) is 15.1. The fourth-order valence-corrected chi connectivity index (χ4v) is 2.12. The van der Waals surface area contributed by atoms with Crippen molar-refractivity contribution in [2.75, 3.05) is 0 Å². The van der Waals surface area contributed by atoms with Crippen molar-refractivity contribution in [2.24, 2.45) is 20.0 Å². The van der Waals surface area contributed by atoms with Gasteiger partial charge in [-0.3, -0.25) is 9.48 Å². The first-order valence-corrected chi connectivity index (χ1v) is 6.95. The molecule has 2 aromatic heterocycles. The second-order valence-electron chi connectivity index (χ2n) is 5.39. The molecular formula is C13H21N7O. The van der Waals surface area contributed by atoms with Gasteiger partial charge in [0.05, 0.1) is 6.04 Å². The molecule has 1 atom stereocenters. The lowest BCUT2D eigenvalue weighted by molar-refractivity contribution is -0.122. The highest BCUT2D eigenvalue weighted by molar-refractivity contribution is 5.76. The van der Waals surface area contributed by atoms with E-state index in [1.807, 2.05) is 32.5 Å². The van der Waals surface area contributed by atoms with Gasteiger partial charge in [-0.25, -0.2) is 4.98 Å². The molecule has 1 N–H and O–H groups in total. The lowest BCUT2D eigenvalue weighted by atomic mass is 10.0. The average molecular weight is 291 g/mol. The second kappa shape index (κ2) is 6.47. The standard InChI is InChI=1S/C13H21N7O/c1-9(2)12(13-14-7-16-20(13)4)17-11(21)6-5-10-18-15-8-19(10)3/h7-9,12H,5-6H2,1-4H3,(H,17,21)/t12-/m1/s1. The predicted octanol–water partition coefficient (Wildman–Crippen LogP) is 0.390. The third-order valence-electron chi connectivity index (χ3n) is 3.39. The van der Waals surface area contributed by atoms with E-state index in [1.165, 1.54) is 6.33 Å². The molecule has 0 aliphatic heterocycles. The summed E-state index contributed by atoms with van der Waals surface area (Å²) in [4.78, 5) is 16.4. The van der Waals surface area contributed by atoms with Crippen LogP contribution in [0.5, 0.6) is 0 Å². The Morgan fingerprint density at radius 2 is 2.14 bits per heavy atom. The van der Waals surface area contributed by atoms with Gasteiger partial charge in [0.25, 0.3) is 0 Å². The van der Waals surface area contributed by atoms with E-state index in [1.54, 1.807) is 11.0 Å². The number of carbonyl (C=O) groups excluding carboxylic acids is 1. The summed E-state index contributed by atoms with van der Waals surface area (Å²) in [5.74, 6) is 1.76. The smallest absolute Gasteiger partial charge is 0.221 e. The maximum atomic E-state index is 12.1. The van der Waals surface area contributed by atoms with Gasteiger partial charge in [0.1, 0.15) is 24.3 Å². The summed E-state index contributed by atoms with van der Waals surface area (Å²) < 4.78 is 3.50. The van der Waals surface area contributed by atoms with Crippen LogP contribution in [0.15, 0.2) is 12.7 Å². The van der Waals surface area contributed by atoms with E-state index in [0.29, 0.717) is 12.8 Å². The Morgan fingerprint density at radius 1 is 1.38 bits per heavy atom. The predicted molar refractivity (Wildman–Crippen MR) is 76.0 cm³/mol. The zero-order valence-electron chi connectivity index (χ0n) is 12.8. The Morgan fingerprint density at radius 3 is 2.67 bits per heavy atom. The van der Waals surface area contributed by atoms with Crippen molar-refractivity contribution in [2.45, 2.75) is 32.7 Å². The van der Waals surface area contributed by atoms with Crippen molar-refractivity contribution in [1.82, 2.24) is 34.8 Å². The molecule has 0 saturated carbocycles. The molecule has 0 saturated heterocycles.